The molecule has 1 unspecified atom stereocenters. The van der Waals surface area contributed by atoms with E-state index in [1.165, 1.54) is 4.31 Å². The number of aliphatic hydroxyl groups excluding tert-OH is 1. The summed E-state index contributed by atoms with van der Waals surface area (Å²) in [6.45, 7) is 1.14. The first-order valence-electron chi connectivity index (χ1n) is 7.07. The summed E-state index contributed by atoms with van der Waals surface area (Å²) in [5.41, 5.74) is 0.714. The Morgan fingerprint density at radius 1 is 1.10 bits per heavy atom. The number of nitrogens with one attached hydrogen (secondary N) is 1. The van der Waals surface area contributed by atoms with Crippen LogP contribution >= 0.6 is 0 Å². The number of benzene rings is 1. The van der Waals surface area contributed by atoms with E-state index in [4.69, 9.17) is 0 Å². The van der Waals surface area contributed by atoms with Crippen molar-refractivity contribution in [3.8, 4) is 0 Å². The molecule has 1 aromatic rings. The van der Waals surface area contributed by atoms with Crippen LogP contribution in [0.4, 0.5) is 0 Å². The Morgan fingerprint density at radius 2 is 1.70 bits per heavy atom. The highest BCUT2D eigenvalue weighted by atomic mass is 32.2. The van der Waals surface area contributed by atoms with Crippen molar-refractivity contribution in [3.05, 3.63) is 35.9 Å². The highest BCUT2D eigenvalue weighted by molar-refractivity contribution is 7.87. The Balaban J connectivity index is 1.91. The van der Waals surface area contributed by atoms with Gasteiger partial charge in [-0.2, -0.15) is 17.4 Å². The van der Waals surface area contributed by atoms with Gasteiger partial charge < -0.3 is 5.11 Å². The molecule has 0 bridgehead atoms. The van der Waals surface area contributed by atoms with Crippen molar-refractivity contribution in [2.75, 3.05) is 19.6 Å². The minimum atomic E-state index is -3.49. The quantitative estimate of drug-likeness (QED) is 0.864. The maximum absolute atomic E-state index is 12.2. The van der Waals surface area contributed by atoms with Crippen molar-refractivity contribution < 1.29 is 13.5 Å². The molecule has 0 aromatic heterocycles. The molecule has 0 saturated carbocycles. The maximum atomic E-state index is 12.2. The highest BCUT2D eigenvalue weighted by Gasteiger charge is 2.23. The molecule has 1 heterocycles. The fourth-order valence-corrected chi connectivity index (χ4v) is 3.64. The van der Waals surface area contributed by atoms with Crippen molar-refractivity contribution in [1.82, 2.24) is 9.03 Å². The molecule has 2 N–H and O–H groups in total. The smallest absolute Gasteiger partial charge is 0.279 e. The monoisotopic (exact) mass is 298 g/mol. The summed E-state index contributed by atoms with van der Waals surface area (Å²) in [4.78, 5) is 0. The van der Waals surface area contributed by atoms with Gasteiger partial charge in [-0.1, -0.05) is 43.2 Å². The number of hydrogen-bond acceptors (Lipinski definition) is 3. The summed E-state index contributed by atoms with van der Waals surface area (Å²) in [6.07, 6.45) is 3.15. The lowest BCUT2D eigenvalue weighted by atomic mass is 10.1. The third-order valence-electron chi connectivity index (χ3n) is 3.55. The average molecular weight is 298 g/mol. The van der Waals surface area contributed by atoms with Gasteiger partial charge in [0, 0.05) is 19.6 Å². The summed E-state index contributed by atoms with van der Waals surface area (Å²) in [5, 5.41) is 9.99. The average Bonchev–Trinajstić information content (AvgIpc) is 2.75. The number of aliphatic hydroxyl groups is 1. The molecule has 1 saturated heterocycles. The molecule has 1 aliphatic heterocycles. The minimum Gasteiger partial charge on any atom is -0.387 e. The molecule has 0 spiro atoms. The van der Waals surface area contributed by atoms with E-state index < -0.39 is 16.3 Å². The van der Waals surface area contributed by atoms with Crippen LogP contribution in [0.1, 0.15) is 37.4 Å². The molecule has 0 aliphatic carbocycles. The van der Waals surface area contributed by atoms with Gasteiger partial charge in [0.15, 0.2) is 0 Å². The second-order valence-corrected chi connectivity index (χ2v) is 6.85. The lowest BCUT2D eigenvalue weighted by Crippen LogP contribution is -2.42. The van der Waals surface area contributed by atoms with Crippen molar-refractivity contribution in [3.63, 3.8) is 0 Å². The zero-order valence-corrected chi connectivity index (χ0v) is 12.3. The predicted molar refractivity (Wildman–Crippen MR) is 78.4 cm³/mol. The summed E-state index contributed by atoms with van der Waals surface area (Å²) in [5.74, 6) is 0. The van der Waals surface area contributed by atoms with Gasteiger partial charge in [-0.3, -0.25) is 0 Å². The van der Waals surface area contributed by atoms with Crippen molar-refractivity contribution in [2.45, 2.75) is 31.8 Å². The molecular weight excluding hydrogens is 276 g/mol. The fourth-order valence-electron chi connectivity index (χ4n) is 2.35. The van der Waals surface area contributed by atoms with Crippen LogP contribution in [-0.4, -0.2) is 37.5 Å². The predicted octanol–water partition coefficient (Wildman–Crippen LogP) is 1.43. The highest BCUT2D eigenvalue weighted by Crippen LogP contribution is 2.14. The molecule has 1 aromatic carbocycles. The molecular formula is C14H22N2O3S. The molecule has 1 fully saturated rings. The second-order valence-electron chi connectivity index (χ2n) is 5.09. The van der Waals surface area contributed by atoms with E-state index in [2.05, 4.69) is 4.72 Å². The zero-order chi connectivity index (χ0) is 14.4. The normalized spacial score (nSPS) is 19.4. The van der Waals surface area contributed by atoms with E-state index in [0.717, 1.165) is 25.7 Å². The van der Waals surface area contributed by atoms with Crippen molar-refractivity contribution >= 4 is 10.2 Å². The fraction of sp³-hybridized carbons (Fsp3) is 0.571. The lowest BCUT2D eigenvalue weighted by molar-refractivity contribution is 0.181. The van der Waals surface area contributed by atoms with Crippen molar-refractivity contribution in [2.24, 2.45) is 0 Å². The van der Waals surface area contributed by atoms with Crippen LogP contribution < -0.4 is 4.72 Å². The van der Waals surface area contributed by atoms with Gasteiger partial charge in [0.25, 0.3) is 10.2 Å². The van der Waals surface area contributed by atoms with Gasteiger partial charge in [0.05, 0.1) is 6.10 Å². The Bertz CT molecular complexity index is 496. The third kappa shape index (κ3) is 4.28. The zero-order valence-electron chi connectivity index (χ0n) is 11.5. The summed E-state index contributed by atoms with van der Waals surface area (Å²) in [7, 11) is -3.49. The Labute approximate surface area is 120 Å². The van der Waals surface area contributed by atoms with Crippen LogP contribution in [0.5, 0.6) is 0 Å². The Hall–Kier alpha value is -0.950. The van der Waals surface area contributed by atoms with Crippen LogP contribution in [-0.2, 0) is 10.2 Å². The van der Waals surface area contributed by atoms with Gasteiger partial charge in [0.2, 0.25) is 0 Å². The number of hydrogen-bond donors (Lipinski definition) is 2. The summed E-state index contributed by atoms with van der Waals surface area (Å²) < 4.78 is 28.3. The molecule has 1 aliphatic rings. The summed E-state index contributed by atoms with van der Waals surface area (Å²) >= 11 is 0. The van der Waals surface area contributed by atoms with E-state index in [0.29, 0.717) is 18.7 Å². The van der Waals surface area contributed by atoms with Gasteiger partial charge in [-0.05, 0) is 18.4 Å². The van der Waals surface area contributed by atoms with E-state index >= 15 is 0 Å². The molecule has 0 radical (unpaired) electrons. The van der Waals surface area contributed by atoms with Crippen molar-refractivity contribution in [1.29, 1.82) is 0 Å². The number of nitrogens with zero attached hydrogens (tertiary/aromatic N) is 1. The van der Waals surface area contributed by atoms with Crippen LogP contribution in [0.25, 0.3) is 0 Å². The van der Waals surface area contributed by atoms with E-state index in [1.807, 2.05) is 18.2 Å². The van der Waals surface area contributed by atoms with Crippen LogP contribution in [0.15, 0.2) is 30.3 Å². The van der Waals surface area contributed by atoms with Crippen LogP contribution in [0.3, 0.4) is 0 Å². The SMILES string of the molecule is O=S(=O)(NCC(O)c1ccccc1)N1CCCCCC1. The first kappa shape index (κ1) is 15.4. The van der Waals surface area contributed by atoms with Gasteiger partial charge in [0.1, 0.15) is 0 Å². The Morgan fingerprint density at radius 3 is 2.30 bits per heavy atom. The molecule has 1 atom stereocenters. The van der Waals surface area contributed by atoms with E-state index in [-0.39, 0.29) is 6.54 Å². The minimum absolute atomic E-state index is 0.00282. The molecule has 5 nitrogen and oxygen atoms in total. The van der Waals surface area contributed by atoms with Crippen LogP contribution in [0, 0.1) is 0 Å². The van der Waals surface area contributed by atoms with E-state index in [1.54, 1.807) is 12.1 Å². The number of rotatable bonds is 5. The molecule has 0 amide bonds. The first-order chi connectivity index (χ1) is 9.59. The van der Waals surface area contributed by atoms with E-state index in [9.17, 15) is 13.5 Å². The molecule has 6 heteroatoms. The van der Waals surface area contributed by atoms with Gasteiger partial charge in [-0.25, -0.2) is 0 Å². The Kier molecular flexibility index (Phi) is 5.54. The third-order valence-corrected chi connectivity index (χ3v) is 5.12. The second kappa shape index (κ2) is 7.17. The summed E-state index contributed by atoms with van der Waals surface area (Å²) in [6, 6.07) is 9.07. The molecule has 112 valence electrons. The van der Waals surface area contributed by atoms with Gasteiger partial charge in [-0.15, -0.1) is 0 Å². The first-order valence-corrected chi connectivity index (χ1v) is 8.51. The molecule has 20 heavy (non-hydrogen) atoms. The largest absolute Gasteiger partial charge is 0.387 e. The maximum Gasteiger partial charge on any atom is 0.279 e. The lowest BCUT2D eigenvalue weighted by Gasteiger charge is -2.21. The topological polar surface area (TPSA) is 69.6 Å². The molecule has 2 rings (SSSR count). The van der Waals surface area contributed by atoms with Crippen LogP contribution in [0.2, 0.25) is 0 Å². The van der Waals surface area contributed by atoms with Gasteiger partial charge >= 0.3 is 0 Å². The standard InChI is InChI=1S/C14H22N2O3S/c17-14(13-8-4-3-5-9-13)12-15-20(18,19)16-10-6-1-2-7-11-16/h3-5,8-9,14-15,17H,1-2,6-7,10-12H2.